The molecule has 0 unspecified atom stereocenters. The van der Waals surface area contributed by atoms with Gasteiger partial charge in [0, 0.05) is 24.6 Å². The number of benzene rings is 1. The smallest absolute Gasteiger partial charge is 0.261 e. The number of imide groups is 1. The molecule has 212 valence electrons. The van der Waals surface area contributed by atoms with E-state index in [1.54, 1.807) is 18.2 Å². The van der Waals surface area contributed by atoms with Crippen molar-refractivity contribution in [3.05, 3.63) is 53.9 Å². The molecular weight excluding hydrogens is 591 g/mol. The first-order valence-corrected chi connectivity index (χ1v) is 14.2. The van der Waals surface area contributed by atoms with Crippen LogP contribution < -0.4 is 38.0 Å². The first kappa shape index (κ1) is 33.9. The van der Waals surface area contributed by atoms with E-state index in [0.29, 0.717) is 30.3 Å². The molecule has 1 heterocycles. The Hall–Kier alpha value is -2.16. The molecule has 0 aliphatic heterocycles. The van der Waals surface area contributed by atoms with Crippen molar-refractivity contribution in [1.29, 1.82) is 0 Å². The van der Waals surface area contributed by atoms with E-state index in [0.717, 1.165) is 37.9 Å². The highest BCUT2D eigenvalue weighted by Crippen LogP contribution is 2.30. The van der Waals surface area contributed by atoms with Gasteiger partial charge in [0.1, 0.15) is 13.1 Å². The van der Waals surface area contributed by atoms with Crippen LogP contribution in [0.1, 0.15) is 108 Å². The molecule has 0 fully saturated rings. The second-order valence-electron chi connectivity index (χ2n) is 9.58. The summed E-state index contributed by atoms with van der Waals surface area (Å²) in [5, 5.41) is 0. The minimum Gasteiger partial charge on any atom is -1.00 e. The molecule has 0 saturated carbocycles. The molecular formula is C31H47IN2O4. The van der Waals surface area contributed by atoms with Gasteiger partial charge in [0.05, 0.1) is 13.2 Å². The van der Waals surface area contributed by atoms with Gasteiger partial charge in [-0.15, -0.1) is 0 Å². The van der Waals surface area contributed by atoms with Crippen molar-refractivity contribution in [2.45, 2.75) is 105 Å². The quantitative estimate of drug-likeness (QED) is 0.141. The van der Waals surface area contributed by atoms with E-state index < -0.39 is 0 Å². The molecule has 0 spiro atoms. The third-order valence-electron chi connectivity index (χ3n) is 6.52. The number of hydrogen-bond acceptors (Lipinski definition) is 4. The first-order valence-electron chi connectivity index (χ1n) is 14.2. The Balaban J connectivity index is 0.00000722. The molecule has 0 aliphatic carbocycles. The monoisotopic (exact) mass is 638 g/mol. The number of aryl methyl sites for hydroxylation is 1. The Morgan fingerprint density at radius 2 is 1.39 bits per heavy atom. The van der Waals surface area contributed by atoms with Gasteiger partial charge in [0.15, 0.2) is 17.7 Å². The Morgan fingerprint density at radius 1 is 0.789 bits per heavy atom. The number of amides is 2. The van der Waals surface area contributed by atoms with E-state index in [-0.39, 0.29) is 42.3 Å². The van der Waals surface area contributed by atoms with Gasteiger partial charge >= 0.3 is 0 Å². The molecule has 38 heavy (non-hydrogen) atoms. The van der Waals surface area contributed by atoms with Crippen molar-refractivity contribution in [1.82, 2.24) is 4.90 Å². The highest BCUT2D eigenvalue weighted by Gasteiger charge is 2.25. The Morgan fingerprint density at radius 3 is 1.97 bits per heavy atom. The molecule has 1 aromatic heterocycles. The number of nitrogens with zero attached hydrogens (tertiary/aromatic N) is 2. The van der Waals surface area contributed by atoms with E-state index in [1.807, 2.05) is 35.9 Å². The molecule has 0 bridgehead atoms. The van der Waals surface area contributed by atoms with E-state index in [1.165, 1.54) is 50.3 Å². The molecule has 2 rings (SSSR count). The predicted molar refractivity (Wildman–Crippen MR) is 148 cm³/mol. The maximum Gasteiger partial charge on any atom is 0.261 e. The summed E-state index contributed by atoms with van der Waals surface area (Å²) in [4.78, 5) is 27.3. The molecule has 1 aromatic carbocycles. The molecule has 0 atom stereocenters. The van der Waals surface area contributed by atoms with Crippen LogP contribution in [-0.4, -0.2) is 29.9 Å². The summed E-state index contributed by atoms with van der Waals surface area (Å²) in [7, 11) is 0. The number of carbonyl (C=O) groups excluding carboxylic acids is 2. The van der Waals surface area contributed by atoms with Crippen molar-refractivity contribution >= 4 is 11.8 Å². The number of pyridine rings is 1. The van der Waals surface area contributed by atoms with Gasteiger partial charge in [-0.05, 0) is 38.0 Å². The summed E-state index contributed by atoms with van der Waals surface area (Å²) in [6.07, 6.45) is 13.5. The Kier molecular flexibility index (Phi) is 17.7. The fraction of sp³-hybridized carbons (Fsp3) is 0.581. The van der Waals surface area contributed by atoms with Crippen molar-refractivity contribution in [3.63, 3.8) is 0 Å². The molecule has 6 nitrogen and oxygen atoms in total. The third kappa shape index (κ3) is 11.7. The average Bonchev–Trinajstić information content (AvgIpc) is 2.91. The number of ether oxygens (including phenoxy) is 2. The zero-order valence-corrected chi connectivity index (χ0v) is 26.0. The number of unbranched alkanes of at least 4 members (excludes halogenated alkanes) is 8. The normalized spacial score (nSPS) is 10.5. The summed E-state index contributed by atoms with van der Waals surface area (Å²) >= 11 is 0. The van der Waals surface area contributed by atoms with Crippen LogP contribution in [0.3, 0.4) is 0 Å². The summed E-state index contributed by atoms with van der Waals surface area (Å²) in [5.74, 6) is 0.601. The Labute approximate surface area is 247 Å². The first-order chi connectivity index (χ1) is 18.0. The van der Waals surface area contributed by atoms with Crippen LogP contribution >= 0.6 is 0 Å². The van der Waals surface area contributed by atoms with Crippen LogP contribution in [0.15, 0.2) is 42.6 Å². The standard InChI is InChI=1S/C31H47N2O4.HI/c1-5-8-10-12-16-22-36-29-20-19-27(24-30(29)37-23-17-13-11-9-6-2)31(35)33(26(4)34)25-28-18-14-15-21-32(28)7-3;/h14-15,18-21,24H,5-13,16-17,22-23,25H2,1-4H3;1H/q+1;/p-1. The van der Waals surface area contributed by atoms with Gasteiger partial charge in [0.2, 0.25) is 11.6 Å². The number of hydrogen-bond donors (Lipinski definition) is 0. The highest BCUT2D eigenvalue weighted by molar-refractivity contribution is 6.04. The Bertz CT molecular complexity index is 967. The second kappa shape index (κ2) is 19.8. The van der Waals surface area contributed by atoms with Gasteiger partial charge in [-0.1, -0.05) is 71.3 Å². The topological polar surface area (TPSA) is 59.7 Å². The lowest BCUT2D eigenvalue weighted by atomic mass is 10.1. The van der Waals surface area contributed by atoms with E-state index in [2.05, 4.69) is 13.8 Å². The summed E-state index contributed by atoms with van der Waals surface area (Å²) in [5.41, 5.74) is 1.32. The lowest BCUT2D eigenvalue weighted by Crippen LogP contribution is -3.00. The fourth-order valence-electron chi connectivity index (χ4n) is 4.26. The van der Waals surface area contributed by atoms with E-state index in [9.17, 15) is 9.59 Å². The molecule has 2 amide bonds. The number of rotatable bonds is 18. The van der Waals surface area contributed by atoms with Crippen LogP contribution in [0.25, 0.3) is 0 Å². The minimum absolute atomic E-state index is 0. The van der Waals surface area contributed by atoms with E-state index in [4.69, 9.17) is 9.47 Å². The van der Waals surface area contributed by atoms with Gasteiger partial charge in [0.25, 0.3) is 5.91 Å². The number of halogens is 1. The van der Waals surface area contributed by atoms with Crippen molar-refractivity contribution in [2.75, 3.05) is 13.2 Å². The average molecular weight is 639 g/mol. The molecule has 7 heteroatoms. The number of aromatic nitrogens is 1. The third-order valence-corrected chi connectivity index (χ3v) is 6.52. The fourth-order valence-corrected chi connectivity index (χ4v) is 4.26. The molecule has 0 saturated heterocycles. The van der Waals surface area contributed by atoms with Gasteiger partial charge < -0.3 is 33.5 Å². The van der Waals surface area contributed by atoms with Crippen molar-refractivity contribution in [2.24, 2.45) is 0 Å². The zero-order valence-electron chi connectivity index (χ0n) is 23.8. The van der Waals surface area contributed by atoms with Crippen molar-refractivity contribution < 1.29 is 47.6 Å². The molecule has 0 N–H and O–H groups in total. The van der Waals surface area contributed by atoms with Gasteiger partial charge in [-0.2, -0.15) is 0 Å². The van der Waals surface area contributed by atoms with Gasteiger partial charge in [-0.25, -0.2) is 4.57 Å². The lowest BCUT2D eigenvalue weighted by Gasteiger charge is -2.19. The SMILES string of the molecule is CCCCCCCOc1ccc(C(=O)N(Cc2cccc[n+]2CC)C(C)=O)cc1OCCCCCCC.[I-]. The highest BCUT2D eigenvalue weighted by atomic mass is 127. The number of carbonyl (C=O) groups is 2. The van der Waals surface area contributed by atoms with E-state index >= 15 is 0 Å². The largest absolute Gasteiger partial charge is 1.00 e. The van der Waals surface area contributed by atoms with Crippen LogP contribution in [0.4, 0.5) is 0 Å². The predicted octanol–water partition coefficient (Wildman–Crippen LogP) is 3.89. The molecule has 2 aromatic rings. The van der Waals surface area contributed by atoms with Crippen LogP contribution in [0.5, 0.6) is 11.5 Å². The van der Waals surface area contributed by atoms with Crippen LogP contribution in [0.2, 0.25) is 0 Å². The maximum absolute atomic E-state index is 13.5. The van der Waals surface area contributed by atoms with Gasteiger partial charge in [-0.3, -0.25) is 14.5 Å². The maximum atomic E-state index is 13.5. The lowest BCUT2D eigenvalue weighted by molar-refractivity contribution is -0.701. The summed E-state index contributed by atoms with van der Waals surface area (Å²) in [6.45, 7) is 10.1. The zero-order chi connectivity index (χ0) is 26.9. The summed E-state index contributed by atoms with van der Waals surface area (Å²) < 4.78 is 14.2. The summed E-state index contributed by atoms with van der Waals surface area (Å²) in [6, 6.07) is 11.1. The minimum atomic E-state index is -0.335. The van der Waals surface area contributed by atoms with Crippen LogP contribution in [-0.2, 0) is 17.9 Å². The van der Waals surface area contributed by atoms with Crippen molar-refractivity contribution in [3.8, 4) is 11.5 Å². The second-order valence-corrected chi connectivity index (χ2v) is 9.58. The van der Waals surface area contributed by atoms with Crippen LogP contribution in [0, 0.1) is 0 Å². The molecule has 0 aliphatic rings. The molecule has 0 radical (unpaired) electrons.